The van der Waals surface area contributed by atoms with E-state index >= 15 is 0 Å². The standard InChI is InChI=1S/C19H20N8O2S/c20-19-21-8-12(9-22-19)17-24-13-7-15(14-10-26(1-4-28)11-23-14)30-16(13)18(25-17)27-2-5-29-6-3-27/h7-11,28H,1-6H2,(H2,20,21,22). The fraction of sp³-hybridized carbons (Fsp3) is 0.316. The average molecular weight is 424 g/mol. The molecule has 0 amide bonds. The number of ether oxygens (including phenoxy) is 1. The summed E-state index contributed by atoms with van der Waals surface area (Å²) in [7, 11) is 0. The van der Waals surface area contributed by atoms with Gasteiger partial charge in [-0.25, -0.2) is 24.9 Å². The molecule has 0 saturated carbocycles. The molecule has 0 bridgehead atoms. The van der Waals surface area contributed by atoms with E-state index in [-0.39, 0.29) is 12.6 Å². The van der Waals surface area contributed by atoms with Gasteiger partial charge in [0, 0.05) is 38.2 Å². The zero-order valence-electron chi connectivity index (χ0n) is 16.1. The molecule has 5 heterocycles. The molecule has 0 unspecified atom stereocenters. The van der Waals surface area contributed by atoms with E-state index in [0.29, 0.717) is 31.1 Å². The minimum atomic E-state index is 0.0713. The van der Waals surface area contributed by atoms with Crippen molar-refractivity contribution in [3.05, 3.63) is 31.0 Å². The highest BCUT2D eigenvalue weighted by molar-refractivity contribution is 7.22. The molecular weight excluding hydrogens is 404 g/mol. The normalized spacial score (nSPS) is 14.5. The number of thiophene rings is 1. The predicted molar refractivity (Wildman–Crippen MR) is 114 cm³/mol. The van der Waals surface area contributed by atoms with Crippen LogP contribution in [-0.2, 0) is 11.3 Å². The zero-order valence-corrected chi connectivity index (χ0v) is 16.9. The number of hydrogen-bond acceptors (Lipinski definition) is 10. The number of nitrogens with two attached hydrogens (primary N) is 1. The van der Waals surface area contributed by atoms with Crippen LogP contribution in [-0.4, -0.2) is 67.5 Å². The quantitative estimate of drug-likeness (QED) is 0.489. The van der Waals surface area contributed by atoms with Gasteiger partial charge in [0.1, 0.15) is 0 Å². The maximum Gasteiger partial charge on any atom is 0.219 e. The van der Waals surface area contributed by atoms with Crippen LogP contribution in [0.5, 0.6) is 0 Å². The molecule has 5 rings (SSSR count). The Morgan fingerprint density at radius 1 is 1.13 bits per heavy atom. The number of aliphatic hydroxyl groups excluding tert-OH is 1. The lowest BCUT2D eigenvalue weighted by Crippen LogP contribution is -2.36. The molecule has 0 aromatic carbocycles. The molecular formula is C19H20N8O2S. The molecule has 0 atom stereocenters. The number of nitrogens with zero attached hydrogens (tertiary/aromatic N) is 7. The number of imidazole rings is 1. The molecule has 1 saturated heterocycles. The van der Waals surface area contributed by atoms with Crippen LogP contribution >= 0.6 is 11.3 Å². The lowest BCUT2D eigenvalue weighted by atomic mass is 10.3. The summed E-state index contributed by atoms with van der Waals surface area (Å²) < 4.78 is 8.38. The molecule has 1 aliphatic heterocycles. The summed E-state index contributed by atoms with van der Waals surface area (Å²) in [5.41, 5.74) is 8.02. The summed E-state index contributed by atoms with van der Waals surface area (Å²) in [6, 6.07) is 2.03. The van der Waals surface area contributed by atoms with Crippen molar-refractivity contribution in [2.75, 3.05) is 43.5 Å². The first-order valence-corrected chi connectivity index (χ1v) is 10.4. The maximum atomic E-state index is 9.15. The largest absolute Gasteiger partial charge is 0.395 e. The fourth-order valence-corrected chi connectivity index (χ4v) is 4.41. The first-order valence-electron chi connectivity index (χ1n) is 9.56. The summed E-state index contributed by atoms with van der Waals surface area (Å²) in [6.07, 6.45) is 6.92. The van der Waals surface area contributed by atoms with Gasteiger partial charge in [-0.1, -0.05) is 0 Å². The molecule has 10 nitrogen and oxygen atoms in total. The molecule has 1 fully saturated rings. The third kappa shape index (κ3) is 3.58. The Hall–Kier alpha value is -3.15. The highest BCUT2D eigenvalue weighted by atomic mass is 32.1. The van der Waals surface area contributed by atoms with Crippen LogP contribution < -0.4 is 10.6 Å². The Balaban J connectivity index is 1.63. The molecule has 4 aromatic heterocycles. The van der Waals surface area contributed by atoms with Gasteiger partial charge in [0.25, 0.3) is 0 Å². The fourth-order valence-electron chi connectivity index (χ4n) is 3.34. The molecule has 154 valence electrons. The van der Waals surface area contributed by atoms with Crippen LogP contribution in [0.4, 0.5) is 11.8 Å². The van der Waals surface area contributed by atoms with E-state index in [2.05, 4.69) is 19.9 Å². The smallest absolute Gasteiger partial charge is 0.219 e. The van der Waals surface area contributed by atoms with E-state index in [1.54, 1.807) is 30.1 Å². The van der Waals surface area contributed by atoms with Crippen LogP contribution in [0.25, 0.3) is 32.2 Å². The van der Waals surface area contributed by atoms with Crippen LogP contribution in [0.15, 0.2) is 31.0 Å². The third-order valence-corrected chi connectivity index (χ3v) is 5.98. The van der Waals surface area contributed by atoms with Gasteiger partial charge in [-0.15, -0.1) is 11.3 Å². The number of rotatable bonds is 5. The third-order valence-electron chi connectivity index (χ3n) is 4.84. The van der Waals surface area contributed by atoms with Crippen molar-refractivity contribution in [2.45, 2.75) is 6.54 Å². The highest BCUT2D eigenvalue weighted by Crippen LogP contribution is 2.38. The summed E-state index contributed by atoms with van der Waals surface area (Å²) in [5.74, 6) is 1.64. The Labute approximate surface area is 176 Å². The second-order valence-electron chi connectivity index (χ2n) is 6.85. The second kappa shape index (κ2) is 7.94. The van der Waals surface area contributed by atoms with Crippen molar-refractivity contribution in [1.29, 1.82) is 0 Å². The second-order valence-corrected chi connectivity index (χ2v) is 7.90. The molecule has 4 aromatic rings. The Bertz CT molecular complexity index is 1170. The molecule has 0 aliphatic carbocycles. The van der Waals surface area contributed by atoms with Crippen molar-refractivity contribution in [1.82, 2.24) is 29.5 Å². The van der Waals surface area contributed by atoms with Gasteiger partial charge < -0.3 is 25.0 Å². The van der Waals surface area contributed by atoms with E-state index in [4.69, 9.17) is 25.5 Å². The Kier molecular flexibility index (Phi) is 4.99. The molecule has 30 heavy (non-hydrogen) atoms. The lowest BCUT2D eigenvalue weighted by Gasteiger charge is -2.28. The number of morpholine rings is 1. The minimum Gasteiger partial charge on any atom is -0.395 e. The maximum absolute atomic E-state index is 9.15. The number of fused-ring (bicyclic) bond motifs is 1. The molecule has 0 radical (unpaired) electrons. The van der Waals surface area contributed by atoms with Gasteiger partial charge in [0.2, 0.25) is 5.95 Å². The SMILES string of the molecule is Nc1ncc(-c2nc(N3CCOCC3)c3sc(-c4cn(CCO)cn4)cc3n2)cn1. The van der Waals surface area contributed by atoms with Gasteiger partial charge in [0.15, 0.2) is 11.6 Å². The first kappa shape index (κ1) is 18.9. The van der Waals surface area contributed by atoms with Gasteiger partial charge >= 0.3 is 0 Å². The van der Waals surface area contributed by atoms with Crippen LogP contribution in [0.3, 0.4) is 0 Å². The van der Waals surface area contributed by atoms with Gasteiger partial charge in [0.05, 0.1) is 52.5 Å². The minimum absolute atomic E-state index is 0.0713. The molecule has 11 heteroatoms. The number of aromatic nitrogens is 6. The van der Waals surface area contributed by atoms with E-state index < -0.39 is 0 Å². The van der Waals surface area contributed by atoms with E-state index in [1.165, 1.54) is 0 Å². The zero-order chi connectivity index (χ0) is 20.5. The van der Waals surface area contributed by atoms with Gasteiger partial charge in [-0.05, 0) is 6.07 Å². The summed E-state index contributed by atoms with van der Waals surface area (Å²) >= 11 is 1.61. The van der Waals surface area contributed by atoms with E-state index in [0.717, 1.165) is 39.7 Å². The van der Waals surface area contributed by atoms with Crippen LogP contribution in [0.1, 0.15) is 0 Å². The average Bonchev–Trinajstić information content (AvgIpc) is 3.41. The number of aliphatic hydroxyl groups is 1. The molecule has 3 N–H and O–H groups in total. The Morgan fingerprint density at radius 3 is 2.70 bits per heavy atom. The van der Waals surface area contributed by atoms with Crippen molar-refractivity contribution < 1.29 is 9.84 Å². The summed E-state index contributed by atoms with van der Waals surface area (Å²) in [4.78, 5) is 25.5. The highest BCUT2D eigenvalue weighted by Gasteiger charge is 2.21. The van der Waals surface area contributed by atoms with Crippen molar-refractivity contribution in [3.8, 4) is 22.0 Å². The monoisotopic (exact) mass is 424 g/mol. The predicted octanol–water partition coefficient (Wildman–Crippen LogP) is 1.42. The van der Waals surface area contributed by atoms with Crippen LogP contribution in [0.2, 0.25) is 0 Å². The summed E-state index contributed by atoms with van der Waals surface area (Å²) in [6.45, 7) is 3.44. The molecule has 1 aliphatic rings. The van der Waals surface area contributed by atoms with Crippen molar-refractivity contribution in [2.24, 2.45) is 0 Å². The Morgan fingerprint density at radius 2 is 1.93 bits per heavy atom. The van der Waals surface area contributed by atoms with Crippen molar-refractivity contribution >= 4 is 33.3 Å². The molecule has 0 spiro atoms. The summed E-state index contributed by atoms with van der Waals surface area (Å²) in [5, 5.41) is 9.15. The number of nitrogen functional groups attached to an aromatic ring is 1. The van der Waals surface area contributed by atoms with Gasteiger partial charge in [-0.2, -0.15) is 0 Å². The van der Waals surface area contributed by atoms with E-state index in [1.807, 2.05) is 16.8 Å². The van der Waals surface area contributed by atoms with Gasteiger partial charge in [-0.3, -0.25) is 0 Å². The van der Waals surface area contributed by atoms with Crippen LogP contribution in [0, 0.1) is 0 Å². The van der Waals surface area contributed by atoms with Crippen molar-refractivity contribution in [3.63, 3.8) is 0 Å². The van der Waals surface area contributed by atoms with E-state index in [9.17, 15) is 0 Å². The first-order chi connectivity index (χ1) is 14.7. The number of hydrogen-bond donors (Lipinski definition) is 2. The topological polar surface area (TPSA) is 128 Å². The number of anilines is 2. The lowest BCUT2D eigenvalue weighted by molar-refractivity contribution is 0.122.